The van der Waals surface area contributed by atoms with E-state index >= 15 is 0 Å². The van der Waals surface area contributed by atoms with Crippen molar-refractivity contribution in [1.29, 1.82) is 10.0 Å². The molecule has 0 amide bonds. The highest BCUT2D eigenvalue weighted by atomic mass is 79.9. The van der Waals surface area contributed by atoms with Crippen molar-refractivity contribution in [2.24, 2.45) is 4.36 Å². The second-order valence-corrected chi connectivity index (χ2v) is 5.84. The van der Waals surface area contributed by atoms with Crippen LogP contribution >= 0.6 is 15.9 Å². The molecule has 1 atom stereocenters. The Bertz CT molecular complexity index is 467. The lowest BCUT2D eigenvalue weighted by Gasteiger charge is -2.04. The lowest BCUT2D eigenvalue weighted by Crippen LogP contribution is -1.93. The number of hydrogen-bond acceptors (Lipinski definition) is 3. The predicted molar refractivity (Wildman–Crippen MR) is 56.5 cm³/mol. The van der Waals surface area contributed by atoms with E-state index in [1.165, 1.54) is 0 Å². The zero-order valence-electron chi connectivity index (χ0n) is 6.99. The number of nitrogens with zero attached hydrogens (tertiary/aromatic N) is 2. The molecule has 0 aromatic heterocycles. The summed E-state index contributed by atoms with van der Waals surface area (Å²) in [7, 11) is -2.05. The molecule has 0 spiro atoms. The predicted octanol–water partition coefficient (Wildman–Crippen LogP) is 3.02. The van der Waals surface area contributed by atoms with Gasteiger partial charge in [-0.25, -0.2) is 0 Å². The molecule has 1 aromatic rings. The first-order valence-corrected chi connectivity index (χ1v) is 6.25. The maximum absolute atomic E-state index is 8.40. The molecule has 1 unspecified atom stereocenters. The molecule has 1 N–H and O–H groups in total. The fourth-order valence-electron chi connectivity index (χ4n) is 0.849. The highest BCUT2D eigenvalue weighted by molar-refractivity contribution is 9.10. The van der Waals surface area contributed by atoms with E-state index in [0.717, 1.165) is 9.37 Å². The Kier molecular flexibility index (Phi) is 3.07. The van der Waals surface area contributed by atoms with Crippen molar-refractivity contribution in [2.75, 3.05) is 6.26 Å². The Morgan fingerprint density at radius 2 is 2.31 bits per heavy atom. The van der Waals surface area contributed by atoms with Crippen LogP contribution in [0.4, 0.5) is 0 Å². The van der Waals surface area contributed by atoms with Crippen LogP contribution in [0.5, 0.6) is 0 Å². The molecule has 13 heavy (non-hydrogen) atoms. The van der Waals surface area contributed by atoms with Crippen LogP contribution in [0.1, 0.15) is 0 Å². The molecule has 0 aliphatic rings. The van der Waals surface area contributed by atoms with Gasteiger partial charge in [0.2, 0.25) is 6.19 Å². The third-order valence-electron chi connectivity index (χ3n) is 1.48. The minimum atomic E-state index is -2.05. The van der Waals surface area contributed by atoms with Gasteiger partial charge in [-0.05, 0) is 27.8 Å². The Morgan fingerprint density at radius 1 is 1.62 bits per heavy atom. The average molecular weight is 258 g/mol. The Hall–Kier alpha value is -0.860. The van der Waals surface area contributed by atoms with Crippen molar-refractivity contribution in [2.45, 2.75) is 4.90 Å². The maximum Gasteiger partial charge on any atom is 0.213 e. The fourth-order valence-corrected chi connectivity index (χ4v) is 2.37. The maximum atomic E-state index is 8.40. The molecular formula is C8H8BrN3S. The molecule has 0 saturated heterocycles. The van der Waals surface area contributed by atoms with E-state index in [-0.39, 0.29) is 0 Å². The van der Waals surface area contributed by atoms with Crippen LogP contribution in [0.2, 0.25) is 0 Å². The molecule has 5 heteroatoms. The molecule has 68 valence electrons. The molecule has 1 rings (SSSR count). The molecule has 0 aliphatic heterocycles. The molecule has 0 heterocycles. The number of halogens is 1. The number of nitriles is 1. The van der Waals surface area contributed by atoms with Gasteiger partial charge in [0.05, 0.1) is 0 Å². The number of nitrogens with one attached hydrogen (secondary N) is 1. The van der Waals surface area contributed by atoms with Crippen molar-refractivity contribution in [3.8, 4) is 6.19 Å². The minimum Gasteiger partial charge on any atom is -0.265 e. The minimum absolute atomic E-state index is 0.781. The van der Waals surface area contributed by atoms with Crippen molar-refractivity contribution in [3.05, 3.63) is 28.7 Å². The summed E-state index contributed by atoms with van der Waals surface area (Å²) in [6.45, 7) is 0. The number of hydrogen-bond donors (Lipinski definition) is 1. The summed E-state index contributed by atoms with van der Waals surface area (Å²) in [5.41, 5.74) is 0. The van der Waals surface area contributed by atoms with E-state index in [2.05, 4.69) is 20.3 Å². The van der Waals surface area contributed by atoms with Crippen molar-refractivity contribution in [1.82, 2.24) is 0 Å². The van der Waals surface area contributed by atoms with Gasteiger partial charge in [-0.1, -0.05) is 22.0 Å². The van der Waals surface area contributed by atoms with Gasteiger partial charge < -0.3 is 0 Å². The van der Waals surface area contributed by atoms with Crippen molar-refractivity contribution in [3.63, 3.8) is 0 Å². The molecule has 1 aromatic carbocycles. The summed E-state index contributed by atoms with van der Waals surface area (Å²) >= 11 is 3.31. The normalized spacial score (nSPS) is 14.2. The average Bonchev–Trinajstić information content (AvgIpc) is 2.04. The molecule has 0 aliphatic carbocycles. The number of rotatable bonds is 1. The van der Waals surface area contributed by atoms with Crippen LogP contribution in [-0.4, -0.2) is 6.26 Å². The number of benzene rings is 1. The molecule has 0 bridgehead atoms. The zero-order valence-corrected chi connectivity index (χ0v) is 9.39. The van der Waals surface area contributed by atoms with Gasteiger partial charge in [0, 0.05) is 15.6 Å². The molecular weight excluding hydrogens is 250 g/mol. The fraction of sp³-hybridized carbons (Fsp3) is 0.125. The second kappa shape index (κ2) is 3.90. The zero-order chi connectivity index (χ0) is 9.90. The highest BCUT2D eigenvalue weighted by Gasteiger charge is 2.01. The lowest BCUT2D eigenvalue weighted by atomic mass is 10.4. The van der Waals surface area contributed by atoms with E-state index in [4.69, 9.17) is 10.0 Å². The van der Waals surface area contributed by atoms with Crippen LogP contribution in [0.25, 0.3) is 0 Å². The lowest BCUT2D eigenvalue weighted by molar-refractivity contribution is 1.37. The van der Waals surface area contributed by atoms with Gasteiger partial charge in [-0.15, -0.1) is 4.36 Å². The summed E-state index contributed by atoms with van der Waals surface area (Å²) in [4.78, 5) is 0.781. The summed E-state index contributed by atoms with van der Waals surface area (Å²) in [6.07, 6.45) is 3.35. The Balaban J connectivity index is 3.34. The summed E-state index contributed by atoms with van der Waals surface area (Å²) in [5.74, 6) is 0. The third kappa shape index (κ3) is 2.54. The van der Waals surface area contributed by atoms with Gasteiger partial charge in [-0.2, -0.15) is 5.26 Å². The summed E-state index contributed by atoms with van der Waals surface area (Å²) in [5, 5.41) is 8.40. The van der Waals surface area contributed by atoms with E-state index in [0.29, 0.717) is 0 Å². The highest BCUT2D eigenvalue weighted by Crippen LogP contribution is 2.17. The first kappa shape index (κ1) is 10.2. The monoisotopic (exact) mass is 257 g/mol. The standard InChI is InChI=1S/C8H8BrN3S/c1-13(11,12-6-10)8-4-2-3-7(9)5-8/h2-5,11H,1H3. The van der Waals surface area contributed by atoms with E-state index in [1.807, 2.05) is 24.3 Å². The Labute approximate surface area is 86.1 Å². The van der Waals surface area contributed by atoms with Gasteiger partial charge >= 0.3 is 0 Å². The summed E-state index contributed by atoms with van der Waals surface area (Å²) in [6, 6.07) is 7.36. The van der Waals surface area contributed by atoms with E-state index in [1.54, 1.807) is 12.4 Å². The Morgan fingerprint density at radius 3 is 2.85 bits per heavy atom. The van der Waals surface area contributed by atoms with Crippen LogP contribution in [0.3, 0.4) is 0 Å². The molecule has 0 saturated carbocycles. The van der Waals surface area contributed by atoms with Crippen LogP contribution < -0.4 is 0 Å². The van der Waals surface area contributed by atoms with E-state index < -0.39 is 9.62 Å². The van der Waals surface area contributed by atoms with Crippen LogP contribution in [0.15, 0.2) is 38.0 Å². The third-order valence-corrected chi connectivity index (χ3v) is 3.59. The topological polar surface area (TPSA) is 60.0 Å². The quantitative estimate of drug-likeness (QED) is 0.773. The smallest absolute Gasteiger partial charge is 0.213 e. The van der Waals surface area contributed by atoms with Gasteiger partial charge in [0.1, 0.15) is 0 Å². The SMILES string of the molecule is CS(=N)(=NC#N)c1cccc(Br)c1. The van der Waals surface area contributed by atoms with E-state index in [9.17, 15) is 0 Å². The van der Waals surface area contributed by atoms with Crippen molar-refractivity contribution < 1.29 is 0 Å². The van der Waals surface area contributed by atoms with Gasteiger partial charge in [0.15, 0.2) is 0 Å². The molecule has 3 nitrogen and oxygen atoms in total. The van der Waals surface area contributed by atoms with Crippen molar-refractivity contribution >= 4 is 25.6 Å². The van der Waals surface area contributed by atoms with Crippen LogP contribution in [-0.2, 0) is 9.62 Å². The van der Waals surface area contributed by atoms with Gasteiger partial charge in [-0.3, -0.25) is 4.78 Å². The van der Waals surface area contributed by atoms with Crippen LogP contribution in [0, 0.1) is 16.2 Å². The first-order chi connectivity index (χ1) is 6.06. The first-order valence-electron chi connectivity index (χ1n) is 3.46. The second-order valence-electron chi connectivity index (χ2n) is 2.52. The molecule has 0 fully saturated rings. The summed E-state index contributed by atoms with van der Waals surface area (Å²) < 4.78 is 12.3. The van der Waals surface area contributed by atoms with Gasteiger partial charge in [0.25, 0.3) is 0 Å². The molecule has 0 radical (unpaired) electrons. The largest absolute Gasteiger partial charge is 0.265 e.